The van der Waals surface area contributed by atoms with E-state index in [-0.39, 0.29) is 39.9 Å². The molecular formula is C24H23F5N4O3S. The van der Waals surface area contributed by atoms with Crippen LogP contribution in [0.5, 0.6) is 11.5 Å². The lowest BCUT2D eigenvalue weighted by molar-refractivity contribution is -0.287. The molecule has 0 atom stereocenters. The van der Waals surface area contributed by atoms with Crippen LogP contribution in [0, 0.1) is 5.92 Å². The first kappa shape index (κ1) is 25.6. The Kier molecular flexibility index (Phi) is 6.69. The van der Waals surface area contributed by atoms with E-state index in [4.69, 9.17) is 0 Å². The van der Waals surface area contributed by atoms with Crippen molar-refractivity contribution in [3.8, 4) is 11.5 Å². The molecule has 37 heavy (non-hydrogen) atoms. The van der Waals surface area contributed by atoms with E-state index in [0.29, 0.717) is 12.1 Å². The molecular weight excluding hydrogens is 519 g/mol. The topological polar surface area (TPSA) is 68.6 Å². The maximum absolute atomic E-state index is 13.9. The van der Waals surface area contributed by atoms with Crippen molar-refractivity contribution in [2.45, 2.75) is 38.3 Å². The van der Waals surface area contributed by atoms with Gasteiger partial charge in [0.05, 0.1) is 17.6 Å². The second-order valence-electron chi connectivity index (χ2n) is 8.94. The van der Waals surface area contributed by atoms with E-state index >= 15 is 0 Å². The van der Waals surface area contributed by atoms with Crippen molar-refractivity contribution < 1.29 is 36.2 Å². The van der Waals surface area contributed by atoms with Crippen LogP contribution in [-0.4, -0.2) is 45.4 Å². The molecule has 1 fully saturated rings. The number of alkyl halides is 5. The number of rotatable bonds is 6. The molecule has 0 spiro atoms. The van der Waals surface area contributed by atoms with E-state index in [1.165, 1.54) is 36.4 Å². The SMILES string of the molecule is CSN1CCC(CC(=O)Nc2ccc3c(c2)nc(C(F)(F)F)n3Cc2cccc3c2OC(F)(F)O3)CC1. The molecule has 1 N–H and O–H groups in total. The smallest absolute Gasteiger partial charge is 0.395 e. The van der Waals surface area contributed by atoms with Crippen molar-refractivity contribution in [1.29, 1.82) is 0 Å². The number of imidazole rings is 1. The van der Waals surface area contributed by atoms with Crippen LogP contribution in [0.25, 0.3) is 11.0 Å². The number of nitrogens with zero attached hydrogens (tertiary/aromatic N) is 3. The average Bonchev–Trinajstić information content (AvgIpc) is 3.35. The first-order valence-corrected chi connectivity index (χ1v) is 12.7. The number of para-hydroxylation sites is 1. The van der Waals surface area contributed by atoms with Gasteiger partial charge in [0.1, 0.15) is 0 Å². The van der Waals surface area contributed by atoms with Crippen LogP contribution in [0.3, 0.4) is 0 Å². The van der Waals surface area contributed by atoms with Crippen LogP contribution in [0.4, 0.5) is 27.6 Å². The van der Waals surface area contributed by atoms with Crippen LogP contribution in [0.2, 0.25) is 0 Å². The summed E-state index contributed by atoms with van der Waals surface area (Å²) >= 11 is 1.68. The first-order valence-electron chi connectivity index (χ1n) is 11.6. The molecule has 0 saturated carbocycles. The Balaban J connectivity index is 1.38. The first-order chi connectivity index (χ1) is 17.5. The molecule has 3 heterocycles. The van der Waals surface area contributed by atoms with Crippen molar-refractivity contribution in [1.82, 2.24) is 13.9 Å². The van der Waals surface area contributed by atoms with Crippen molar-refractivity contribution in [3.63, 3.8) is 0 Å². The number of piperidine rings is 1. The maximum atomic E-state index is 13.9. The van der Waals surface area contributed by atoms with E-state index in [1.54, 1.807) is 11.9 Å². The number of carbonyl (C=O) groups excluding carboxylic acids is 1. The minimum absolute atomic E-state index is 0.00785. The number of hydrogen-bond acceptors (Lipinski definition) is 6. The Labute approximate surface area is 213 Å². The third-order valence-electron chi connectivity index (χ3n) is 6.43. The molecule has 7 nitrogen and oxygen atoms in total. The van der Waals surface area contributed by atoms with E-state index in [2.05, 4.69) is 24.1 Å². The lowest BCUT2D eigenvalue weighted by Crippen LogP contribution is -2.30. The normalized spacial score (nSPS) is 17.9. The number of hydrogen-bond donors (Lipinski definition) is 1. The van der Waals surface area contributed by atoms with Gasteiger partial charge in [-0.3, -0.25) is 9.10 Å². The summed E-state index contributed by atoms with van der Waals surface area (Å²) in [7, 11) is 0. The summed E-state index contributed by atoms with van der Waals surface area (Å²) in [6.45, 7) is 1.37. The fourth-order valence-electron chi connectivity index (χ4n) is 4.67. The fraction of sp³-hybridized carbons (Fsp3) is 0.417. The molecule has 198 valence electrons. The molecule has 2 aliphatic heterocycles. The summed E-state index contributed by atoms with van der Waals surface area (Å²) in [6.07, 6.45) is -4.57. The zero-order valence-corrected chi connectivity index (χ0v) is 20.5. The fourth-order valence-corrected chi connectivity index (χ4v) is 5.25. The van der Waals surface area contributed by atoms with Crippen LogP contribution in [0.1, 0.15) is 30.7 Å². The molecule has 13 heteroatoms. The highest BCUT2D eigenvalue weighted by Gasteiger charge is 2.45. The van der Waals surface area contributed by atoms with Gasteiger partial charge in [-0.05, 0) is 49.3 Å². The van der Waals surface area contributed by atoms with Crippen molar-refractivity contribution >= 4 is 34.6 Å². The number of benzene rings is 2. The van der Waals surface area contributed by atoms with E-state index < -0.39 is 24.8 Å². The monoisotopic (exact) mass is 542 g/mol. The zero-order valence-electron chi connectivity index (χ0n) is 19.6. The van der Waals surface area contributed by atoms with E-state index in [9.17, 15) is 26.7 Å². The average molecular weight is 543 g/mol. The Morgan fingerprint density at radius 3 is 2.65 bits per heavy atom. The Hall–Kier alpha value is -3.06. The largest absolute Gasteiger partial charge is 0.586 e. The maximum Gasteiger partial charge on any atom is 0.586 e. The number of ether oxygens (including phenoxy) is 2. The summed E-state index contributed by atoms with van der Waals surface area (Å²) in [5.41, 5.74) is 0.533. The lowest BCUT2D eigenvalue weighted by atomic mass is 9.94. The molecule has 1 aromatic heterocycles. The van der Waals surface area contributed by atoms with Gasteiger partial charge in [0.25, 0.3) is 0 Å². The van der Waals surface area contributed by atoms with Crippen LogP contribution < -0.4 is 14.8 Å². The van der Waals surface area contributed by atoms with Crippen molar-refractivity contribution in [2.75, 3.05) is 24.7 Å². The van der Waals surface area contributed by atoms with Crippen LogP contribution >= 0.6 is 11.9 Å². The molecule has 1 saturated heterocycles. The minimum Gasteiger partial charge on any atom is -0.395 e. The number of halogens is 5. The number of nitrogens with one attached hydrogen (secondary N) is 1. The van der Waals surface area contributed by atoms with Crippen LogP contribution in [-0.2, 0) is 17.5 Å². The molecule has 2 aliphatic rings. The molecule has 1 amide bonds. The number of fused-ring (bicyclic) bond motifs is 2. The standard InChI is InChI=1S/C24H23F5N4O3S/c1-37-32-9-7-14(8-10-32)11-20(34)30-16-5-6-18-17(12-16)31-22(23(25,26)27)33(18)13-15-3-2-4-19-21(15)36-24(28,29)35-19/h2-6,12,14H,7-11,13H2,1H3,(H,30,34). The zero-order chi connectivity index (χ0) is 26.4. The van der Waals surface area contributed by atoms with Crippen molar-refractivity contribution in [3.05, 3.63) is 47.8 Å². The van der Waals surface area contributed by atoms with Gasteiger partial charge in [-0.2, -0.15) is 13.2 Å². The van der Waals surface area contributed by atoms with Gasteiger partial charge in [-0.25, -0.2) is 4.98 Å². The Bertz CT molecular complexity index is 1320. The predicted octanol–water partition coefficient (Wildman–Crippen LogP) is 5.74. The highest BCUT2D eigenvalue weighted by atomic mass is 32.2. The van der Waals surface area contributed by atoms with E-state index in [0.717, 1.165) is 30.5 Å². The van der Waals surface area contributed by atoms with E-state index in [1.807, 2.05) is 6.26 Å². The van der Waals surface area contributed by atoms with Crippen molar-refractivity contribution in [2.24, 2.45) is 5.92 Å². The quantitative estimate of drug-likeness (QED) is 0.316. The molecule has 2 aromatic carbocycles. The molecule has 0 unspecified atom stereocenters. The number of anilines is 1. The Morgan fingerprint density at radius 2 is 1.95 bits per heavy atom. The molecule has 5 rings (SSSR count). The minimum atomic E-state index is -4.81. The van der Waals surface area contributed by atoms with Gasteiger partial charge >= 0.3 is 12.5 Å². The summed E-state index contributed by atoms with van der Waals surface area (Å²) in [6, 6.07) is 8.31. The second kappa shape index (κ2) is 9.67. The number of amides is 1. The van der Waals surface area contributed by atoms with Gasteiger partial charge in [0.15, 0.2) is 11.5 Å². The van der Waals surface area contributed by atoms with Gasteiger partial charge < -0.3 is 19.4 Å². The highest BCUT2D eigenvalue weighted by molar-refractivity contribution is 7.96. The summed E-state index contributed by atoms with van der Waals surface area (Å²) in [5, 5.41) is 2.76. The number of carbonyl (C=O) groups is 1. The predicted molar refractivity (Wildman–Crippen MR) is 128 cm³/mol. The van der Waals surface area contributed by atoms with Crippen LogP contribution in [0.15, 0.2) is 36.4 Å². The third kappa shape index (κ3) is 5.47. The second-order valence-corrected chi connectivity index (χ2v) is 9.82. The summed E-state index contributed by atoms with van der Waals surface area (Å²) < 4.78 is 80.8. The highest BCUT2D eigenvalue weighted by Crippen LogP contribution is 2.44. The molecule has 0 aliphatic carbocycles. The third-order valence-corrected chi connectivity index (χ3v) is 7.31. The Morgan fingerprint density at radius 1 is 1.19 bits per heavy atom. The van der Waals surface area contributed by atoms with Gasteiger partial charge in [-0.15, -0.1) is 8.78 Å². The van der Waals surface area contributed by atoms with Gasteiger partial charge in [0, 0.05) is 30.8 Å². The molecule has 0 radical (unpaired) electrons. The van der Waals surface area contributed by atoms with Gasteiger partial charge in [0.2, 0.25) is 11.7 Å². The molecule has 3 aromatic rings. The lowest BCUT2D eigenvalue weighted by Gasteiger charge is -2.29. The summed E-state index contributed by atoms with van der Waals surface area (Å²) in [4.78, 5) is 16.3. The number of aromatic nitrogens is 2. The summed E-state index contributed by atoms with van der Waals surface area (Å²) in [5.74, 6) is -1.75. The van der Waals surface area contributed by atoms with Gasteiger partial charge in [-0.1, -0.05) is 24.1 Å². The molecule has 0 bridgehead atoms.